The Labute approximate surface area is 185 Å². The number of nitrogens with zero attached hydrogens (tertiary/aromatic N) is 3. The van der Waals surface area contributed by atoms with Crippen LogP contribution in [0.4, 0.5) is 11.4 Å². The van der Waals surface area contributed by atoms with E-state index in [0.29, 0.717) is 16.9 Å². The van der Waals surface area contributed by atoms with Crippen molar-refractivity contribution in [2.45, 2.75) is 25.4 Å². The van der Waals surface area contributed by atoms with Gasteiger partial charge in [-0.15, -0.1) is 0 Å². The van der Waals surface area contributed by atoms with Crippen LogP contribution in [0.15, 0.2) is 48.8 Å². The van der Waals surface area contributed by atoms with Crippen LogP contribution >= 0.6 is 0 Å². The van der Waals surface area contributed by atoms with Gasteiger partial charge < -0.3 is 25.4 Å². The number of imidazole rings is 1. The van der Waals surface area contributed by atoms with Crippen molar-refractivity contribution >= 4 is 40.1 Å². The topological polar surface area (TPSA) is 108 Å². The number of aromatic nitrogens is 2. The molecule has 2 heterocycles. The third-order valence-electron chi connectivity index (χ3n) is 5.40. The largest absolute Gasteiger partial charge is 0.340 e. The standard InChI is InChI=1S/C23H26N6O3/c1-28(2)11-12-29-14-24-19-13-15(7-9-20(19)29)25-21(30)10-8-18-23(32)26-17-6-4-3-5-16(17)22(31)27-18/h3-7,9,13-14,18H,8,10-12H2,1-2H3,(H,25,30)(H,26,32)(H,27,31). The molecule has 0 fully saturated rings. The molecular formula is C23H26N6O3. The normalized spacial score (nSPS) is 15.8. The zero-order valence-corrected chi connectivity index (χ0v) is 18.1. The Morgan fingerprint density at radius 2 is 2.00 bits per heavy atom. The lowest BCUT2D eigenvalue weighted by Crippen LogP contribution is -2.41. The minimum atomic E-state index is -0.782. The van der Waals surface area contributed by atoms with Crippen molar-refractivity contribution in [3.63, 3.8) is 0 Å². The molecule has 2 aromatic carbocycles. The number of amides is 3. The first-order valence-corrected chi connectivity index (χ1v) is 10.5. The van der Waals surface area contributed by atoms with Crippen LogP contribution in [0.3, 0.4) is 0 Å². The number of para-hydroxylation sites is 1. The SMILES string of the molecule is CN(C)CCn1cnc2cc(NC(=O)CCC3NC(=O)c4ccccc4NC3=O)ccc21. The monoisotopic (exact) mass is 434 g/mol. The average Bonchev–Trinajstić information content (AvgIpc) is 3.12. The average molecular weight is 435 g/mol. The maximum absolute atomic E-state index is 12.5. The summed E-state index contributed by atoms with van der Waals surface area (Å²) in [5.74, 6) is -0.902. The van der Waals surface area contributed by atoms with Crippen molar-refractivity contribution in [3.05, 3.63) is 54.4 Å². The molecule has 3 amide bonds. The first-order valence-electron chi connectivity index (χ1n) is 10.5. The Bertz CT molecular complexity index is 1170. The van der Waals surface area contributed by atoms with Crippen molar-refractivity contribution in [1.82, 2.24) is 19.8 Å². The summed E-state index contributed by atoms with van der Waals surface area (Å²) < 4.78 is 2.08. The lowest BCUT2D eigenvalue weighted by Gasteiger charge is -2.14. The van der Waals surface area contributed by atoms with Crippen molar-refractivity contribution < 1.29 is 14.4 Å². The summed E-state index contributed by atoms with van der Waals surface area (Å²) in [6.45, 7) is 1.73. The zero-order chi connectivity index (χ0) is 22.7. The van der Waals surface area contributed by atoms with E-state index < -0.39 is 6.04 Å². The molecule has 9 heteroatoms. The summed E-state index contributed by atoms with van der Waals surface area (Å²) in [4.78, 5) is 43.9. The van der Waals surface area contributed by atoms with Crippen LogP contribution in [-0.2, 0) is 16.1 Å². The molecule has 0 saturated carbocycles. The second-order valence-corrected chi connectivity index (χ2v) is 8.09. The molecule has 1 aliphatic rings. The Kier molecular flexibility index (Phi) is 6.18. The Morgan fingerprint density at radius 1 is 1.19 bits per heavy atom. The molecule has 0 spiro atoms. The van der Waals surface area contributed by atoms with E-state index in [9.17, 15) is 14.4 Å². The number of rotatable bonds is 7. The molecule has 1 aliphatic heterocycles. The van der Waals surface area contributed by atoms with Crippen molar-refractivity contribution in [3.8, 4) is 0 Å². The lowest BCUT2D eigenvalue weighted by atomic mass is 10.1. The van der Waals surface area contributed by atoms with Crippen molar-refractivity contribution in [2.75, 3.05) is 31.3 Å². The summed E-state index contributed by atoms with van der Waals surface area (Å²) in [6, 6.07) is 11.6. The highest BCUT2D eigenvalue weighted by atomic mass is 16.2. The first-order chi connectivity index (χ1) is 15.4. The fraction of sp³-hybridized carbons (Fsp3) is 0.304. The number of anilines is 2. The first kappa shape index (κ1) is 21.5. The van der Waals surface area contributed by atoms with E-state index in [1.165, 1.54) is 0 Å². The molecular weight excluding hydrogens is 408 g/mol. The van der Waals surface area contributed by atoms with E-state index in [2.05, 4.69) is 30.4 Å². The number of benzene rings is 2. The number of likely N-dealkylation sites (N-methyl/N-ethyl adjacent to an activating group) is 1. The molecule has 32 heavy (non-hydrogen) atoms. The number of hydrogen-bond donors (Lipinski definition) is 3. The van der Waals surface area contributed by atoms with Crippen LogP contribution in [0.1, 0.15) is 23.2 Å². The highest BCUT2D eigenvalue weighted by Crippen LogP contribution is 2.21. The molecule has 9 nitrogen and oxygen atoms in total. The second-order valence-electron chi connectivity index (χ2n) is 8.09. The molecule has 4 rings (SSSR count). The molecule has 1 unspecified atom stereocenters. The van der Waals surface area contributed by atoms with Crippen molar-refractivity contribution in [1.29, 1.82) is 0 Å². The molecule has 0 aliphatic carbocycles. The number of hydrogen-bond acceptors (Lipinski definition) is 5. The van der Waals surface area contributed by atoms with E-state index in [1.54, 1.807) is 30.6 Å². The van der Waals surface area contributed by atoms with Gasteiger partial charge in [0.25, 0.3) is 5.91 Å². The maximum Gasteiger partial charge on any atom is 0.254 e. The Hall–Kier alpha value is -3.72. The highest BCUT2D eigenvalue weighted by molar-refractivity contribution is 6.10. The molecule has 3 N–H and O–H groups in total. The van der Waals surface area contributed by atoms with Gasteiger partial charge in [0.2, 0.25) is 11.8 Å². The molecule has 1 aromatic heterocycles. The summed E-state index contributed by atoms with van der Waals surface area (Å²) in [6.07, 6.45) is 2.08. The molecule has 166 valence electrons. The Balaban J connectivity index is 1.35. The van der Waals surface area contributed by atoms with Crippen LogP contribution < -0.4 is 16.0 Å². The molecule has 1 atom stereocenters. The van der Waals surface area contributed by atoms with Gasteiger partial charge in [0.1, 0.15) is 6.04 Å². The third-order valence-corrected chi connectivity index (χ3v) is 5.40. The van der Waals surface area contributed by atoms with E-state index in [-0.39, 0.29) is 30.6 Å². The van der Waals surface area contributed by atoms with Gasteiger partial charge in [0.15, 0.2) is 0 Å². The number of carbonyl (C=O) groups excluding carboxylic acids is 3. The van der Waals surface area contributed by atoms with E-state index in [1.807, 2.05) is 32.3 Å². The van der Waals surface area contributed by atoms with E-state index in [0.717, 1.165) is 24.1 Å². The van der Waals surface area contributed by atoms with Crippen LogP contribution in [0, 0.1) is 0 Å². The minimum Gasteiger partial charge on any atom is -0.340 e. The molecule has 0 saturated heterocycles. The third kappa shape index (κ3) is 4.78. The minimum absolute atomic E-state index is 0.0873. The highest BCUT2D eigenvalue weighted by Gasteiger charge is 2.27. The summed E-state index contributed by atoms with van der Waals surface area (Å²) in [5.41, 5.74) is 3.32. The summed E-state index contributed by atoms with van der Waals surface area (Å²) in [5, 5.41) is 8.30. The summed E-state index contributed by atoms with van der Waals surface area (Å²) in [7, 11) is 4.05. The second kappa shape index (κ2) is 9.19. The predicted molar refractivity (Wildman–Crippen MR) is 122 cm³/mol. The van der Waals surface area contributed by atoms with Gasteiger partial charge >= 0.3 is 0 Å². The van der Waals surface area contributed by atoms with Gasteiger partial charge in [-0.1, -0.05) is 12.1 Å². The predicted octanol–water partition coefficient (Wildman–Crippen LogP) is 2.07. The smallest absolute Gasteiger partial charge is 0.254 e. The molecule has 0 bridgehead atoms. The Morgan fingerprint density at radius 3 is 2.81 bits per heavy atom. The van der Waals surface area contributed by atoms with Gasteiger partial charge in [-0.2, -0.15) is 0 Å². The quantitative estimate of drug-likeness (QED) is 0.528. The van der Waals surface area contributed by atoms with Gasteiger partial charge in [-0.3, -0.25) is 14.4 Å². The van der Waals surface area contributed by atoms with E-state index >= 15 is 0 Å². The fourth-order valence-corrected chi connectivity index (χ4v) is 3.64. The molecule has 0 radical (unpaired) electrons. The van der Waals surface area contributed by atoms with Gasteiger partial charge in [-0.25, -0.2) is 4.98 Å². The van der Waals surface area contributed by atoms with Crippen LogP contribution in [0.25, 0.3) is 11.0 Å². The fourth-order valence-electron chi connectivity index (χ4n) is 3.64. The van der Waals surface area contributed by atoms with Gasteiger partial charge in [0, 0.05) is 25.2 Å². The number of fused-ring (bicyclic) bond motifs is 2. The lowest BCUT2D eigenvalue weighted by molar-refractivity contribution is -0.118. The van der Waals surface area contributed by atoms with E-state index in [4.69, 9.17) is 0 Å². The number of nitrogens with one attached hydrogen (secondary N) is 3. The van der Waals surface area contributed by atoms with Gasteiger partial charge in [-0.05, 0) is 50.8 Å². The summed E-state index contributed by atoms with van der Waals surface area (Å²) >= 11 is 0. The van der Waals surface area contributed by atoms with Crippen LogP contribution in [-0.4, -0.2) is 58.9 Å². The zero-order valence-electron chi connectivity index (χ0n) is 18.1. The van der Waals surface area contributed by atoms with Gasteiger partial charge in [0.05, 0.1) is 28.6 Å². The maximum atomic E-state index is 12.5. The van der Waals surface area contributed by atoms with Crippen molar-refractivity contribution in [2.24, 2.45) is 0 Å². The van der Waals surface area contributed by atoms with Crippen LogP contribution in [0.2, 0.25) is 0 Å². The molecule has 3 aromatic rings. The number of carbonyl (C=O) groups is 3. The van der Waals surface area contributed by atoms with Crippen LogP contribution in [0.5, 0.6) is 0 Å².